The van der Waals surface area contributed by atoms with Crippen LogP contribution in [-0.4, -0.2) is 11.1 Å². The molecule has 0 aliphatic heterocycles. The number of ether oxygens (including phenoxy) is 2. The molecule has 0 amide bonds. The molecule has 2 nitrogen and oxygen atoms in total. The molecule has 0 saturated carbocycles. The first kappa shape index (κ1) is 9.92. The van der Waals surface area contributed by atoms with E-state index < -0.39 is 0 Å². The molecule has 0 saturated heterocycles. The lowest BCUT2D eigenvalue weighted by Crippen LogP contribution is -1.94. The van der Waals surface area contributed by atoms with Gasteiger partial charge in [-0.3, -0.25) is 0 Å². The molecule has 0 aromatic heterocycles. The topological polar surface area (TPSA) is 18.5 Å². The van der Waals surface area contributed by atoms with Crippen molar-refractivity contribution in [2.75, 3.05) is 0 Å². The van der Waals surface area contributed by atoms with E-state index in [1.165, 1.54) is 12.5 Å². The minimum atomic E-state index is -0.342. The summed E-state index contributed by atoms with van der Waals surface area (Å²) in [5, 5.41) is 0. The van der Waals surface area contributed by atoms with Gasteiger partial charge in [0.25, 0.3) is 0 Å². The van der Waals surface area contributed by atoms with Gasteiger partial charge in [-0.2, -0.15) is 0 Å². The zero-order chi connectivity index (χ0) is 7.98. The van der Waals surface area contributed by atoms with E-state index >= 15 is 0 Å². The number of rotatable bonds is 4. The molecule has 0 bridgehead atoms. The normalized spacial score (nSPS) is 16.8. The SMILES string of the molecule is CC(Cl)O/C=C/OC(C)Cl. The lowest BCUT2D eigenvalue weighted by Gasteiger charge is -2.02. The van der Waals surface area contributed by atoms with Crippen molar-refractivity contribution in [1.29, 1.82) is 0 Å². The molecule has 0 heterocycles. The van der Waals surface area contributed by atoms with Crippen LogP contribution in [-0.2, 0) is 9.47 Å². The van der Waals surface area contributed by atoms with Gasteiger partial charge in [-0.15, -0.1) is 0 Å². The number of hydrogen-bond acceptors (Lipinski definition) is 2. The first-order valence-corrected chi connectivity index (χ1v) is 3.74. The molecule has 60 valence electrons. The summed E-state index contributed by atoms with van der Waals surface area (Å²) < 4.78 is 9.59. The van der Waals surface area contributed by atoms with Crippen molar-refractivity contribution in [3.05, 3.63) is 12.5 Å². The van der Waals surface area contributed by atoms with Crippen molar-refractivity contribution in [2.45, 2.75) is 25.0 Å². The second-order valence-electron chi connectivity index (χ2n) is 1.63. The van der Waals surface area contributed by atoms with Crippen molar-refractivity contribution in [3.8, 4) is 0 Å². The Morgan fingerprint density at radius 3 is 1.50 bits per heavy atom. The highest BCUT2D eigenvalue weighted by Gasteiger charge is 1.90. The van der Waals surface area contributed by atoms with Gasteiger partial charge in [0, 0.05) is 0 Å². The van der Waals surface area contributed by atoms with Gasteiger partial charge in [0.2, 0.25) is 0 Å². The van der Waals surface area contributed by atoms with Crippen molar-refractivity contribution in [2.24, 2.45) is 0 Å². The van der Waals surface area contributed by atoms with Crippen LogP contribution in [0.1, 0.15) is 13.8 Å². The van der Waals surface area contributed by atoms with Crippen LogP contribution < -0.4 is 0 Å². The van der Waals surface area contributed by atoms with E-state index in [-0.39, 0.29) is 11.1 Å². The zero-order valence-corrected chi connectivity index (χ0v) is 7.39. The second kappa shape index (κ2) is 5.69. The molecular formula is C6H10Cl2O2. The molecule has 0 N–H and O–H groups in total. The van der Waals surface area contributed by atoms with Gasteiger partial charge in [-0.25, -0.2) is 0 Å². The van der Waals surface area contributed by atoms with Crippen molar-refractivity contribution in [3.63, 3.8) is 0 Å². The largest absolute Gasteiger partial charge is 0.479 e. The highest BCUT2D eigenvalue weighted by atomic mass is 35.5. The fourth-order valence-corrected chi connectivity index (χ4v) is 0.399. The lowest BCUT2D eigenvalue weighted by molar-refractivity contribution is 0.187. The van der Waals surface area contributed by atoms with E-state index in [0.717, 1.165) is 0 Å². The summed E-state index contributed by atoms with van der Waals surface area (Å²) in [5.41, 5.74) is -0.684. The van der Waals surface area contributed by atoms with Crippen LogP contribution in [0.3, 0.4) is 0 Å². The highest BCUT2D eigenvalue weighted by molar-refractivity contribution is 6.19. The Labute approximate surface area is 70.7 Å². The van der Waals surface area contributed by atoms with Gasteiger partial charge in [-0.1, -0.05) is 23.2 Å². The van der Waals surface area contributed by atoms with Crippen molar-refractivity contribution in [1.82, 2.24) is 0 Å². The second-order valence-corrected chi connectivity index (χ2v) is 2.86. The molecule has 0 aromatic rings. The Morgan fingerprint density at radius 1 is 1.00 bits per heavy atom. The molecule has 0 fully saturated rings. The minimum absolute atomic E-state index is 0.342. The van der Waals surface area contributed by atoms with Crippen LogP contribution in [0.5, 0.6) is 0 Å². The number of alkyl halides is 2. The van der Waals surface area contributed by atoms with Crippen LogP contribution in [0, 0.1) is 0 Å². The molecule has 4 heteroatoms. The fourth-order valence-electron chi connectivity index (χ4n) is 0.281. The van der Waals surface area contributed by atoms with Crippen molar-refractivity contribution >= 4 is 23.2 Å². The summed E-state index contributed by atoms with van der Waals surface area (Å²) >= 11 is 10.9. The molecule has 0 aliphatic rings. The Balaban J connectivity index is 3.20. The molecular weight excluding hydrogens is 175 g/mol. The maximum atomic E-state index is 5.43. The molecule has 2 atom stereocenters. The zero-order valence-electron chi connectivity index (χ0n) is 5.88. The van der Waals surface area contributed by atoms with Crippen LogP contribution >= 0.6 is 23.2 Å². The van der Waals surface area contributed by atoms with E-state index in [1.807, 2.05) is 0 Å². The van der Waals surface area contributed by atoms with Crippen LogP contribution in [0.15, 0.2) is 12.5 Å². The average Bonchev–Trinajstić information content (AvgIpc) is 1.79. The highest BCUT2D eigenvalue weighted by Crippen LogP contribution is 1.99. The van der Waals surface area contributed by atoms with Gasteiger partial charge in [0.05, 0.1) is 0 Å². The average molecular weight is 185 g/mol. The first-order chi connectivity index (χ1) is 4.63. The first-order valence-electron chi connectivity index (χ1n) is 2.87. The summed E-state index contributed by atoms with van der Waals surface area (Å²) in [6.07, 6.45) is 2.72. The summed E-state index contributed by atoms with van der Waals surface area (Å²) in [4.78, 5) is 0. The predicted molar refractivity (Wildman–Crippen MR) is 41.9 cm³/mol. The quantitative estimate of drug-likeness (QED) is 0.495. The molecule has 0 radical (unpaired) electrons. The Hall–Kier alpha value is -0.0800. The summed E-state index contributed by atoms with van der Waals surface area (Å²) in [6, 6.07) is 0. The fraction of sp³-hybridized carbons (Fsp3) is 0.667. The Morgan fingerprint density at radius 2 is 1.30 bits per heavy atom. The molecule has 0 aromatic carbocycles. The van der Waals surface area contributed by atoms with Gasteiger partial charge < -0.3 is 9.47 Å². The van der Waals surface area contributed by atoms with Crippen LogP contribution in [0.2, 0.25) is 0 Å². The summed E-state index contributed by atoms with van der Waals surface area (Å²) in [5.74, 6) is 0. The summed E-state index contributed by atoms with van der Waals surface area (Å²) in [7, 11) is 0. The molecule has 0 rings (SSSR count). The number of halogens is 2. The van der Waals surface area contributed by atoms with Gasteiger partial charge in [0.1, 0.15) is 12.5 Å². The standard InChI is InChI=1S/C6H10Cl2O2/c1-5(7)9-3-4-10-6(2)8/h3-6H,1-2H3/b4-3+. The van der Waals surface area contributed by atoms with Gasteiger partial charge in [-0.05, 0) is 13.8 Å². The monoisotopic (exact) mass is 184 g/mol. The van der Waals surface area contributed by atoms with E-state index in [4.69, 9.17) is 32.7 Å². The van der Waals surface area contributed by atoms with E-state index in [0.29, 0.717) is 0 Å². The van der Waals surface area contributed by atoms with Crippen LogP contribution in [0.4, 0.5) is 0 Å². The van der Waals surface area contributed by atoms with Crippen LogP contribution in [0.25, 0.3) is 0 Å². The molecule has 0 aliphatic carbocycles. The maximum absolute atomic E-state index is 5.43. The Kier molecular flexibility index (Phi) is 5.64. The Bertz CT molecular complexity index is 89.9. The minimum Gasteiger partial charge on any atom is -0.479 e. The van der Waals surface area contributed by atoms with E-state index in [2.05, 4.69) is 0 Å². The smallest absolute Gasteiger partial charge is 0.168 e. The van der Waals surface area contributed by atoms with E-state index in [1.54, 1.807) is 13.8 Å². The van der Waals surface area contributed by atoms with E-state index in [9.17, 15) is 0 Å². The lowest BCUT2D eigenvalue weighted by atomic mass is 10.8. The number of hydrogen-bond donors (Lipinski definition) is 0. The van der Waals surface area contributed by atoms with Gasteiger partial charge >= 0.3 is 0 Å². The third kappa shape index (κ3) is 7.92. The molecule has 2 unspecified atom stereocenters. The van der Waals surface area contributed by atoms with Gasteiger partial charge in [0.15, 0.2) is 11.1 Å². The van der Waals surface area contributed by atoms with Crippen molar-refractivity contribution < 1.29 is 9.47 Å². The third-order valence-corrected chi connectivity index (χ3v) is 0.793. The predicted octanol–water partition coefficient (Wildman–Crippen LogP) is 2.66. The summed E-state index contributed by atoms with van der Waals surface area (Å²) in [6.45, 7) is 3.41. The maximum Gasteiger partial charge on any atom is 0.168 e. The molecule has 10 heavy (non-hydrogen) atoms. The molecule has 0 spiro atoms. The third-order valence-electron chi connectivity index (χ3n) is 0.588.